The highest BCUT2D eigenvalue weighted by atomic mass is 35.5. The lowest BCUT2D eigenvalue weighted by Crippen LogP contribution is -2.34. The second-order valence-electron chi connectivity index (χ2n) is 4.99. The van der Waals surface area contributed by atoms with E-state index in [1.807, 2.05) is 38.2 Å². The molecule has 0 spiro atoms. The molecule has 1 heterocycles. The van der Waals surface area contributed by atoms with Gasteiger partial charge in [-0.3, -0.25) is 9.69 Å². The minimum atomic E-state index is 0. The number of rotatable bonds is 6. The van der Waals surface area contributed by atoms with Gasteiger partial charge in [0, 0.05) is 19.1 Å². The van der Waals surface area contributed by atoms with Crippen LogP contribution in [0.4, 0.5) is 5.69 Å². The quantitative estimate of drug-likeness (QED) is 0.840. The summed E-state index contributed by atoms with van der Waals surface area (Å²) in [5.74, 6) is 0.728. The van der Waals surface area contributed by atoms with Crippen LogP contribution < -0.4 is 15.4 Å². The van der Waals surface area contributed by atoms with E-state index in [0.717, 1.165) is 30.9 Å². The number of carbonyl (C=O) groups is 1. The normalized spacial score (nSPS) is 18.1. The van der Waals surface area contributed by atoms with Crippen molar-refractivity contribution in [1.82, 2.24) is 10.2 Å². The molecule has 5 nitrogen and oxygen atoms in total. The number of nitrogens with one attached hydrogen (secondary N) is 2. The summed E-state index contributed by atoms with van der Waals surface area (Å²) in [5, 5.41) is 6.18. The number of carbonyl (C=O) groups excluding carboxylic acids is 1. The van der Waals surface area contributed by atoms with E-state index in [4.69, 9.17) is 4.74 Å². The molecule has 0 radical (unpaired) electrons. The van der Waals surface area contributed by atoms with Crippen molar-refractivity contribution in [1.29, 1.82) is 0 Å². The van der Waals surface area contributed by atoms with Gasteiger partial charge in [-0.2, -0.15) is 0 Å². The zero-order valence-corrected chi connectivity index (χ0v) is 13.4. The number of para-hydroxylation sites is 2. The molecule has 1 saturated heterocycles. The molecule has 2 rings (SSSR count). The zero-order valence-electron chi connectivity index (χ0n) is 12.6. The van der Waals surface area contributed by atoms with Gasteiger partial charge in [-0.1, -0.05) is 12.1 Å². The first-order valence-electron chi connectivity index (χ1n) is 7.14. The Hall–Kier alpha value is -1.30. The van der Waals surface area contributed by atoms with Gasteiger partial charge in [0.05, 0.1) is 18.8 Å². The van der Waals surface area contributed by atoms with E-state index in [1.54, 1.807) is 0 Å². The summed E-state index contributed by atoms with van der Waals surface area (Å²) in [4.78, 5) is 14.3. The zero-order chi connectivity index (χ0) is 14.4. The fourth-order valence-corrected chi connectivity index (χ4v) is 2.46. The van der Waals surface area contributed by atoms with Crippen LogP contribution in [0.1, 0.15) is 13.3 Å². The van der Waals surface area contributed by atoms with Gasteiger partial charge in [0.25, 0.3) is 0 Å². The smallest absolute Gasteiger partial charge is 0.238 e. The molecule has 21 heavy (non-hydrogen) atoms. The van der Waals surface area contributed by atoms with E-state index in [0.29, 0.717) is 19.2 Å². The third kappa shape index (κ3) is 5.19. The van der Waals surface area contributed by atoms with Crippen LogP contribution in [0, 0.1) is 0 Å². The maximum atomic E-state index is 12.1. The molecule has 1 fully saturated rings. The predicted octanol–water partition coefficient (Wildman–Crippen LogP) is 1.74. The molecular weight excluding hydrogens is 290 g/mol. The topological polar surface area (TPSA) is 53.6 Å². The summed E-state index contributed by atoms with van der Waals surface area (Å²) in [7, 11) is 1.96. The maximum absolute atomic E-state index is 12.1. The number of amides is 1. The number of benzene rings is 1. The van der Waals surface area contributed by atoms with Crippen molar-refractivity contribution in [2.75, 3.05) is 38.6 Å². The predicted molar refractivity (Wildman–Crippen MR) is 87.4 cm³/mol. The van der Waals surface area contributed by atoms with Crippen molar-refractivity contribution in [3.05, 3.63) is 24.3 Å². The number of likely N-dealkylation sites (tertiary alicyclic amines) is 1. The van der Waals surface area contributed by atoms with E-state index < -0.39 is 0 Å². The van der Waals surface area contributed by atoms with Crippen LogP contribution in [-0.2, 0) is 4.79 Å². The Bertz CT molecular complexity index is 456. The first-order chi connectivity index (χ1) is 9.72. The summed E-state index contributed by atoms with van der Waals surface area (Å²) in [6.07, 6.45) is 1.10. The Morgan fingerprint density at radius 2 is 2.19 bits per heavy atom. The average Bonchev–Trinajstić information content (AvgIpc) is 2.89. The minimum Gasteiger partial charge on any atom is -0.492 e. The van der Waals surface area contributed by atoms with Crippen molar-refractivity contribution in [3.8, 4) is 5.75 Å². The van der Waals surface area contributed by atoms with Gasteiger partial charge < -0.3 is 15.4 Å². The van der Waals surface area contributed by atoms with Crippen LogP contribution in [0.15, 0.2) is 24.3 Å². The van der Waals surface area contributed by atoms with Gasteiger partial charge in [-0.15, -0.1) is 12.4 Å². The number of halogens is 1. The molecule has 1 amide bonds. The fourth-order valence-electron chi connectivity index (χ4n) is 2.46. The lowest BCUT2D eigenvalue weighted by Gasteiger charge is -2.16. The number of hydrogen-bond acceptors (Lipinski definition) is 4. The van der Waals surface area contributed by atoms with E-state index in [2.05, 4.69) is 15.5 Å². The molecule has 2 N–H and O–H groups in total. The van der Waals surface area contributed by atoms with Crippen LogP contribution in [-0.4, -0.2) is 50.1 Å². The van der Waals surface area contributed by atoms with Crippen molar-refractivity contribution < 1.29 is 9.53 Å². The highest BCUT2D eigenvalue weighted by Gasteiger charge is 2.22. The molecule has 118 valence electrons. The number of anilines is 1. The van der Waals surface area contributed by atoms with E-state index in [1.165, 1.54) is 0 Å². The van der Waals surface area contributed by atoms with E-state index in [9.17, 15) is 4.79 Å². The number of likely N-dealkylation sites (N-methyl/N-ethyl adjacent to an activating group) is 1. The lowest BCUT2D eigenvalue weighted by molar-refractivity contribution is -0.117. The van der Waals surface area contributed by atoms with Crippen LogP contribution in [0.25, 0.3) is 0 Å². The van der Waals surface area contributed by atoms with Gasteiger partial charge in [0.15, 0.2) is 0 Å². The molecule has 1 atom stereocenters. The molecule has 0 aliphatic carbocycles. The Labute approximate surface area is 132 Å². The largest absolute Gasteiger partial charge is 0.492 e. The summed E-state index contributed by atoms with van der Waals surface area (Å²) in [5.41, 5.74) is 0.740. The molecule has 0 saturated carbocycles. The van der Waals surface area contributed by atoms with Crippen molar-refractivity contribution >= 4 is 24.0 Å². The second-order valence-corrected chi connectivity index (χ2v) is 4.99. The first kappa shape index (κ1) is 17.8. The number of ether oxygens (including phenoxy) is 1. The van der Waals surface area contributed by atoms with Gasteiger partial charge >= 0.3 is 0 Å². The molecule has 1 aromatic carbocycles. The molecular formula is C15H24ClN3O2. The summed E-state index contributed by atoms with van der Waals surface area (Å²) < 4.78 is 5.50. The summed E-state index contributed by atoms with van der Waals surface area (Å²) in [6.45, 7) is 4.84. The Morgan fingerprint density at radius 1 is 1.43 bits per heavy atom. The third-order valence-electron chi connectivity index (χ3n) is 3.51. The van der Waals surface area contributed by atoms with Gasteiger partial charge in [-0.05, 0) is 32.5 Å². The van der Waals surface area contributed by atoms with Crippen LogP contribution in [0.5, 0.6) is 5.75 Å². The van der Waals surface area contributed by atoms with Crippen LogP contribution in [0.3, 0.4) is 0 Å². The Balaban J connectivity index is 0.00000220. The van der Waals surface area contributed by atoms with Gasteiger partial charge in [0.1, 0.15) is 5.75 Å². The van der Waals surface area contributed by atoms with Crippen molar-refractivity contribution in [2.24, 2.45) is 0 Å². The molecule has 6 heteroatoms. The van der Waals surface area contributed by atoms with E-state index >= 15 is 0 Å². The van der Waals surface area contributed by atoms with Crippen LogP contribution >= 0.6 is 12.4 Å². The lowest BCUT2D eigenvalue weighted by atomic mass is 10.3. The highest BCUT2D eigenvalue weighted by Crippen LogP contribution is 2.23. The standard InChI is InChI=1S/C15H23N3O2.ClH/c1-3-20-14-7-5-4-6-13(14)17-15(19)11-18-9-8-12(10-18)16-2;/h4-7,12,16H,3,8-11H2,1-2H3,(H,17,19);1H. The van der Waals surface area contributed by atoms with Gasteiger partial charge in [0.2, 0.25) is 5.91 Å². The summed E-state index contributed by atoms with van der Waals surface area (Å²) in [6, 6.07) is 8.03. The maximum Gasteiger partial charge on any atom is 0.238 e. The molecule has 1 unspecified atom stereocenters. The van der Waals surface area contributed by atoms with Crippen molar-refractivity contribution in [2.45, 2.75) is 19.4 Å². The number of hydrogen-bond donors (Lipinski definition) is 2. The minimum absolute atomic E-state index is 0. The Kier molecular flexibility index (Phi) is 7.50. The Morgan fingerprint density at radius 3 is 2.86 bits per heavy atom. The van der Waals surface area contributed by atoms with E-state index in [-0.39, 0.29) is 18.3 Å². The fraction of sp³-hybridized carbons (Fsp3) is 0.533. The van der Waals surface area contributed by atoms with Gasteiger partial charge in [-0.25, -0.2) is 0 Å². The first-order valence-corrected chi connectivity index (χ1v) is 7.14. The molecule has 0 aromatic heterocycles. The third-order valence-corrected chi connectivity index (χ3v) is 3.51. The summed E-state index contributed by atoms with van der Waals surface area (Å²) >= 11 is 0. The van der Waals surface area contributed by atoms with Crippen molar-refractivity contribution in [3.63, 3.8) is 0 Å². The molecule has 1 aliphatic rings. The van der Waals surface area contributed by atoms with Crippen LogP contribution in [0.2, 0.25) is 0 Å². The number of nitrogens with zero attached hydrogens (tertiary/aromatic N) is 1. The SMILES string of the molecule is CCOc1ccccc1NC(=O)CN1CCC(NC)C1.Cl. The second kappa shape index (κ2) is 8.87. The molecule has 1 aliphatic heterocycles. The monoisotopic (exact) mass is 313 g/mol. The highest BCUT2D eigenvalue weighted by molar-refractivity contribution is 5.93. The average molecular weight is 314 g/mol. The molecule has 0 bridgehead atoms. The molecule has 1 aromatic rings.